The summed E-state index contributed by atoms with van der Waals surface area (Å²) in [6, 6.07) is 1.96. The fourth-order valence-electron chi connectivity index (χ4n) is 4.17. The van der Waals surface area contributed by atoms with E-state index >= 15 is 0 Å². The zero-order valence-electron chi connectivity index (χ0n) is 18.2. The minimum absolute atomic E-state index is 0.146. The summed E-state index contributed by atoms with van der Waals surface area (Å²) in [5, 5.41) is 21.0. The molecular weight excluding hydrogens is 428 g/mol. The van der Waals surface area contributed by atoms with Crippen LogP contribution in [-0.4, -0.2) is 76.4 Å². The number of pyridine rings is 1. The number of nitrogens with two attached hydrogens (primary N) is 2. The summed E-state index contributed by atoms with van der Waals surface area (Å²) in [4.78, 5) is 31.6. The van der Waals surface area contributed by atoms with E-state index in [0.29, 0.717) is 17.6 Å². The van der Waals surface area contributed by atoms with Crippen molar-refractivity contribution >= 4 is 22.9 Å². The van der Waals surface area contributed by atoms with Crippen molar-refractivity contribution in [2.24, 2.45) is 5.73 Å². The van der Waals surface area contributed by atoms with Crippen LogP contribution < -0.4 is 11.5 Å². The number of carbonyl (C=O) groups is 1. The quantitative estimate of drug-likeness (QED) is 0.348. The fourth-order valence-corrected chi connectivity index (χ4v) is 4.17. The third-order valence-electron chi connectivity index (χ3n) is 5.81. The molecular formula is C21H28N8O4. The number of fused-ring (bicyclic) bond motifs is 1. The average Bonchev–Trinajstić information content (AvgIpc) is 3.39. The van der Waals surface area contributed by atoms with Crippen LogP contribution in [-0.2, 0) is 16.1 Å². The number of nitrogens with zero attached hydrogens (tertiary/aromatic N) is 6. The largest absolute Gasteiger partial charge is 0.394 e. The second-order valence-corrected chi connectivity index (χ2v) is 8.03. The van der Waals surface area contributed by atoms with Gasteiger partial charge in [0.15, 0.2) is 17.7 Å². The zero-order valence-corrected chi connectivity index (χ0v) is 18.2. The van der Waals surface area contributed by atoms with Crippen molar-refractivity contribution in [3.8, 4) is 0 Å². The van der Waals surface area contributed by atoms with Gasteiger partial charge < -0.3 is 31.3 Å². The number of hydrogen-bond donors (Lipinski definition) is 4. The normalized spacial score (nSPS) is 23.6. The van der Waals surface area contributed by atoms with Crippen LogP contribution in [0.3, 0.4) is 0 Å². The molecule has 2 unspecified atom stereocenters. The number of amides is 1. The lowest BCUT2D eigenvalue weighted by atomic mass is 10.0. The number of hydrogen-bond acceptors (Lipinski definition) is 10. The molecule has 4 rings (SSSR count). The van der Waals surface area contributed by atoms with Crippen molar-refractivity contribution in [1.82, 2.24) is 29.4 Å². The van der Waals surface area contributed by atoms with Crippen LogP contribution in [0, 0.1) is 0 Å². The Morgan fingerprint density at radius 3 is 2.88 bits per heavy atom. The molecule has 4 heterocycles. The lowest BCUT2D eigenvalue weighted by Gasteiger charge is -2.35. The molecule has 0 radical (unpaired) electrons. The Morgan fingerprint density at radius 1 is 1.36 bits per heavy atom. The molecule has 6 N–H and O–H groups in total. The first-order valence-electron chi connectivity index (χ1n) is 10.8. The van der Waals surface area contributed by atoms with Crippen molar-refractivity contribution in [3.05, 3.63) is 42.7 Å². The number of rotatable bonds is 8. The van der Waals surface area contributed by atoms with Crippen LogP contribution in [0.15, 0.2) is 37.2 Å². The Labute approximate surface area is 190 Å². The molecule has 33 heavy (non-hydrogen) atoms. The molecule has 1 fully saturated rings. The highest BCUT2D eigenvalue weighted by atomic mass is 16.5. The summed E-state index contributed by atoms with van der Waals surface area (Å²) < 4.78 is 7.60. The molecule has 0 saturated carbocycles. The molecule has 176 valence electrons. The Bertz CT molecular complexity index is 1090. The third kappa shape index (κ3) is 4.37. The number of carbonyl (C=O) groups excluding carboxylic acids is 1. The standard InChI is InChI=1S/C21H28N8O4/c1-2-4-13(22)20(32)28(8-12-5-3-6-24-7-12)16-17(31)14(9-30)33-21(16)29-11-27-15-18(23)25-10-26-19(15)29/h3,5-7,10-11,13-14,16-17,21,30-31H,2,4,8-9,22H2,1H3,(H2,23,25,26)/t13?,14-,16+,17?,21-/m1/s1. The summed E-state index contributed by atoms with van der Waals surface area (Å²) in [7, 11) is 0. The number of anilines is 1. The zero-order chi connectivity index (χ0) is 23.5. The molecule has 1 aliphatic rings. The maximum absolute atomic E-state index is 13.5. The third-order valence-corrected chi connectivity index (χ3v) is 5.81. The highest BCUT2D eigenvalue weighted by molar-refractivity contribution is 5.83. The van der Waals surface area contributed by atoms with Gasteiger partial charge in [-0.15, -0.1) is 0 Å². The molecule has 0 bridgehead atoms. The molecule has 0 aromatic carbocycles. The Morgan fingerprint density at radius 2 is 2.18 bits per heavy atom. The lowest BCUT2D eigenvalue weighted by molar-refractivity contribution is -0.140. The Hall–Kier alpha value is -3.19. The molecule has 0 aliphatic carbocycles. The molecule has 12 heteroatoms. The Balaban J connectivity index is 1.78. The topological polar surface area (TPSA) is 179 Å². The van der Waals surface area contributed by atoms with Crippen LogP contribution in [0.5, 0.6) is 0 Å². The van der Waals surface area contributed by atoms with E-state index in [9.17, 15) is 15.0 Å². The molecule has 3 aromatic rings. The van der Waals surface area contributed by atoms with E-state index < -0.39 is 37.1 Å². The van der Waals surface area contributed by atoms with Gasteiger partial charge in [-0.3, -0.25) is 14.3 Å². The van der Waals surface area contributed by atoms with Crippen LogP contribution in [0.2, 0.25) is 0 Å². The van der Waals surface area contributed by atoms with Crippen molar-refractivity contribution in [2.45, 2.75) is 56.8 Å². The van der Waals surface area contributed by atoms with E-state index in [0.717, 1.165) is 12.0 Å². The fraction of sp³-hybridized carbons (Fsp3) is 0.476. The second kappa shape index (κ2) is 9.75. The predicted molar refractivity (Wildman–Crippen MR) is 118 cm³/mol. The Kier molecular flexibility index (Phi) is 6.79. The minimum atomic E-state index is -1.19. The number of nitrogen functional groups attached to an aromatic ring is 1. The molecule has 1 aliphatic heterocycles. The average molecular weight is 457 g/mol. The van der Waals surface area contributed by atoms with Gasteiger partial charge in [-0.25, -0.2) is 15.0 Å². The van der Waals surface area contributed by atoms with Crippen molar-refractivity contribution in [2.75, 3.05) is 12.3 Å². The monoisotopic (exact) mass is 456 g/mol. The van der Waals surface area contributed by atoms with Gasteiger partial charge in [0.1, 0.15) is 30.1 Å². The molecule has 1 saturated heterocycles. The van der Waals surface area contributed by atoms with Gasteiger partial charge in [-0.05, 0) is 18.1 Å². The van der Waals surface area contributed by atoms with E-state index in [2.05, 4.69) is 19.9 Å². The summed E-state index contributed by atoms with van der Waals surface area (Å²) in [5.41, 5.74) is 13.6. The number of aliphatic hydroxyl groups excluding tert-OH is 2. The molecule has 1 amide bonds. The minimum Gasteiger partial charge on any atom is -0.394 e. The first-order chi connectivity index (χ1) is 16.0. The van der Waals surface area contributed by atoms with Crippen LogP contribution in [0.1, 0.15) is 31.6 Å². The molecule has 3 aromatic heterocycles. The van der Waals surface area contributed by atoms with E-state index in [-0.39, 0.29) is 18.3 Å². The van der Waals surface area contributed by atoms with Gasteiger partial charge >= 0.3 is 0 Å². The van der Waals surface area contributed by atoms with Gasteiger partial charge in [0.25, 0.3) is 0 Å². The smallest absolute Gasteiger partial charge is 0.240 e. The van der Waals surface area contributed by atoms with Gasteiger partial charge in [0.05, 0.1) is 19.0 Å². The van der Waals surface area contributed by atoms with E-state index in [1.54, 1.807) is 23.0 Å². The predicted octanol–water partition coefficient (Wildman–Crippen LogP) is -0.421. The highest BCUT2D eigenvalue weighted by Crippen LogP contribution is 2.36. The summed E-state index contributed by atoms with van der Waals surface area (Å²) in [6.45, 7) is 1.65. The second-order valence-electron chi connectivity index (χ2n) is 8.03. The number of aliphatic hydroxyl groups is 2. The van der Waals surface area contributed by atoms with E-state index in [1.165, 1.54) is 17.6 Å². The highest BCUT2D eigenvalue weighted by Gasteiger charge is 2.49. The maximum atomic E-state index is 13.5. The number of aromatic nitrogens is 5. The van der Waals surface area contributed by atoms with Gasteiger partial charge in [-0.1, -0.05) is 19.4 Å². The molecule has 5 atom stereocenters. The molecule has 12 nitrogen and oxygen atoms in total. The lowest BCUT2D eigenvalue weighted by Crippen LogP contribution is -2.54. The van der Waals surface area contributed by atoms with E-state index in [1.807, 2.05) is 13.0 Å². The van der Waals surface area contributed by atoms with Gasteiger partial charge in [-0.2, -0.15) is 0 Å². The first-order valence-corrected chi connectivity index (χ1v) is 10.8. The van der Waals surface area contributed by atoms with Crippen LogP contribution in [0.4, 0.5) is 5.82 Å². The van der Waals surface area contributed by atoms with Crippen molar-refractivity contribution in [1.29, 1.82) is 0 Å². The summed E-state index contributed by atoms with van der Waals surface area (Å²) in [6.07, 6.45) is 4.25. The van der Waals surface area contributed by atoms with Gasteiger partial charge in [0.2, 0.25) is 5.91 Å². The maximum Gasteiger partial charge on any atom is 0.240 e. The van der Waals surface area contributed by atoms with Gasteiger partial charge in [0, 0.05) is 18.9 Å². The van der Waals surface area contributed by atoms with E-state index in [4.69, 9.17) is 16.2 Å². The first kappa shape index (κ1) is 23.0. The van der Waals surface area contributed by atoms with Crippen molar-refractivity contribution in [3.63, 3.8) is 0 Å². The molecule has 0 spiro atoms. The summed E-state index contributed by atoms with van der Waals surface area (Å²) in [5.74, 6) is -0.142. The number of imidazole rings is 1. The van der Waals surface area contributed by atoms with Crippen molar-refractivity contribution < 1.29 is 19.7 Å². The van der Waals surface area contributed by atoms with Crippen LogP contribution >= 0.6 is 0 Å². The van der Waals surface area contributed by atoms with Crippen LogP contribution in [0.25, 0.3) is 11.2 Å². The number of ether oxygens (including phenoxy) is 1. The SMILES string of the molecule is CCCC(N)C(=O)N(Cc1cccnc1)[C@H]1C(O)[C@@H](CO)O[C@H]1n1cnc2c(N)ncnc21. The summed E-state index contributed by atoms with van der Waals surface area (Å²) >= 11 is 0.